The topological polar surface area (TPSA) is 111 Å². The van der Waals surface area contributed by atoms with Crippen molar-refractivity contribution < 1.29 is 23.9 Å². The van der Waals surface area contributed by atoms with Crippen molar-refractivity contribution in [2.24, 2.45) is 0 Å². The average Bonchev–Trinajstić information content (AvgIpc) is 3.28. The smallest absolute Gasteiger partial charge is 0.319 e. The van der Waals surface area contributed by atoms with Crippen LogP contribution in [0.25, 0.3) is 0 Å². The Hall–Kier alpha value is -3.41. The minimum Gasteiger partial charge on any atom is -0.381 e. The minimum atomic E-state index is -1.67. The van der Waals surface area contributed by atoms with Crippen LogP contribution in [0.5, 0.6) is 0 Å². The van der Waals surface area contributed by atoms with Crippen molar-refractivity contribution in [1.29, 1.82) is 0 Å². The third-order valence-electron chi connectivity index (χ3n) is 7.22. The van der Waals surface area contributed by atoms with Gasteiger partial charge in [0.15, 0.2) is 6.10 Å². The van der Waals surface area contributed by atoms with Gasteiger partial charge in [0.2, 0.25) is 5.91 Å². The molecule has 0 spiro atoms. The van der Waals surface area contributed by atoms with E-state index in [-0.39, 0.29) is 23.9 Å². The molecule has 1 aliphatic heterocycles. The molecule has 1 fully saturated rings. The molecule has 4 amide bonds. The van der Waals surface area contributed by atoms with Crippen LogP contribution < -0.4 is 16.0 Å². The van der Waals surface area contributed by atoms with Crippen LogP contribution in [0.2, 0.25) is 0 Å². The number of urea groups is 1. The number of aliphatic hydroxyl groups excluding tert-OH is 1. The predicted molar refractivity (Wildman–Crippen MR) is 166 cm³/mol. The Morgan fingerprint density at radius 3 is 2.48 bits per heavy atom. The lowest BCUT2D eigenvalue weighted by Gasteiger charge is -2.33. The first-order chi connectivity index (χ1) is 20.0. The van der Waals surface area contributed by atoms with Gasteiger partial charge in [0.25, 0.3) is 5.91 Å². The molecule has 3 aromatic rings. The van der Waals surface area contributed by atoms with Crippen molar-refractivity contribution in [2.45, 2.75) is 56.7 Å². The van der Waals surface area contributed by atoms with Gasteiger partial charge in [-0.25, -0.2) is 9.18 Å². The second-order valence-electron chi connectivity index (χ2n) is 10.7. The molecule has 4 N–H and O–H groups in total. The van der Waals surface area contributed by atoms with Gasteiger partial charge in [-0.05, 0) is 62.1 Å². The number of amides is 4. The fourth-order valence-corrected chi connectivity index (χ4v) is 6.34. The molecule has 8 nitrogen and oxygen atoms in total. The zero-order valence-corrected chi connectivity index (χ0v) is 26.0. The summed E-state index contributed by atoms with van der Waals surface area (Å²) in [4.78, 5) is 41.5. The highest BCUT2D eigenvalue weighted by atomic mass is 79.9. The van der Waals surface area contributed by atoms with Crippen LogP contribution >= 0.6 is 27.7 Å². The molecule has 11 heteroatoms. The number of hydrogen-bond donors (Lipinski definition) is 4. The van der Waals surface area contributed by atoms with Gasteiger partial charge in [0.05, 0.1) is 17.6 Å². The number of halogens is 2. The average molecular weight is 658 g/mol. The molecule has 42 heavy (non-hydrogen) atoms. The fraction of sp³-hybridized carbons (Fsp3) is 0.323. The second kappa shape index (κ2) is 13.7. The number of aryl methyl sites for hydroxylation is 1. The number of rotatable bonds is 9. The van der Waals surface area contributed by atoms with Gasteiger partial charge < -0.3 is 26.0 Å². The molecule has 3 aromatic carbocycles. The SMILES string of the molecule is Cc1ccccc1CNC(=O)C1N(C(=O)C(O)C(Cc2ccccc2)NC(=O)Nc2ccc(Br)cc2F)CSC1(C)C. The van der Waals surface area contributed by atoms with Crippen molar-refractivity contribution in [3.8, 4) is 0 Å². The number of benzene rings is 3. The molecule has 0 saturated carbocycles. The third-order valence-corrected chi connectivity index (χ3v) is 9.09. The summed E-state index contributed by atoms with van der Waals surface area (Å²) >= 11 is 4.62. The number of nitrogens with one attached hydrogen (secondary N) is 3. The molecule has 3 unspecified atom stereocenters. The Labute approximate surface area is 257 Å². The van der Waals surface area contributed by atoms with Gasteiger partial charge >= 0.3 is 6.03 Å². The molecule has 3 atom stereocenters. The number of hydrogen-bond acceptors (Lipinski definition) is 5. The standard InChI is InChI=1S/C31H34BrFN4O4S/c1-19-9-7-8-12-21(19)17-34-28(39)27-31(2,3)42-18-37(27)29(40)26(38)25(15-20-10-5-4-6-11-20)36-30(41)35-24-14-13-22(32)16-23(24)33/h4-14,16,25-27,38H,15,17-18H2,1-3H3,(H,34,39)(H2,35,36,41). The normalized spacial score (nSPS) is 17.3. The van der Waals surface area contributed by atoms with Gasteiger partial charge in [0, 0.05) is 15.8 Å². The monoisotopic (exact) mass is 656 g/mol. The maximum atomic E-state index is 14.3. The zero-order chi connectivity index (χ0) is 30.4. The van der Waals surface area contributed by atoms with Gasteiger partial charge in [-0.2, -0.15) is 0 Å². The lowest BCUT2D eigenvalue weighted by atomic mass is 9.97. The molecule has 4 rings (SSSR count). The van der Waals surface area contributed by atoms with Crippen LogP contribution in [-0.4, -0.2) is 56.7 Å². The molecule has 0 aromatic heterocycles. The van der Waals surface area contributed by atoms with E-state index in [1.54, 1.807) is 6.07 Å². The summed E-state index contributed by atoms with van der Waals surface area (Å²) in [6.45, 7) is 6.03. The van der Waals surface area contributed by atoms with Crippen molar-refractivity contribution in [3.05, 3.63) is 99.8 Å². The van der Waals surface area contributed by atoms with E-state index in [2.05, 4.69) is 31.9 Å². The lowest BCUT2D eigenvalue weighted by molar-refractivity contribution is -0.147. The van der Waals surface area contributed by atoms with E-state index in [4.69, 9.17) is 0 Å². The van der Waals surface area contributed by atoms with E-state index in [1.165, 1.54) is 28.8 Å². The summed E-state index contributed by atoms with van der Waals surface area (Å²) in [5.41, 5.74) is 2.72. The molecule has 222 valence electrons. The van der Waals surface area contributed by atoms with Gasteiger partial charge in [0.1, 0.15) is 11.9 Å². The van der Waals surface area contributed by atoms with Crippen LogP contribution in [0.15, 0.2) is 77.3 Å². The number of carbonyl (C=O) groups is 3. The first-order valence-electron chi connectivity index (χ1n) is 13.5. The molecular weight excluding hydrogens is 623 g/mol. The zero-order valence-electron chi connectivity index (χ0n) is 23.6. The summed E-state index contributed by atoms with van der Waals surface area (Å²) in [5.74, 6) is -1.46. The van der Waals surface area contributed by atoms with Gasteiger partial charge in [-0.1, -0.05) is 70.5 Å². The van der Waals surface area contributed by atoms with E-state index < -0.39 is 40.7 Å². The summed E-state index contributed by atoms with van der Waals surface area (Å²) in [6, 6.07) is 18.3. The number of nitrogens with zero attached hydrogens (tertiary/aromatic N) is 1. The van der Waals surface area contributed by atoms with Crippen LogP contribution in [0.3, 0.4) is 0 Å². The summed E-state index contributed by atoms with van der Waals surface area (Å²) in [7, 11) is 0. The first-order valence-corrected chi connectivity index (χ1v) is 15.3. The van der Waals surface area contributed by atoms with E-state index in [1.807, 2.05) is 75.4 Å². The highest BCUT2D eigenvalue weighted by Crippen LogP contribution is 2.40. The number of anilines is 1. The third kappa shape index (κ3) is 7.70. The van der Waals surface area contributed by atoms with Crippen molar-refractivity contribution in [3.63, 3.8) is 0 Å². The van der Waals surface area contributed by atoms with E-state index in [0.717, 1.165) is 16.7 Å². The Kier molecular flexibility index (Phi) is 10.3. The van der Waals surface area contributed by atoms with Crippen molar-refractivity contribution in [1.82, 2.24) is 15.5 Å². The lowest BCUT2D eigenvalue weighted by Crippen LogP contribution is -2.59. The molecule has 0 aliphatic carbocycles. The minimum absolute atomic E-state index is 0.0574. The van der Waals surface area contributed by atoms with Crippen LogP contribution in [0.1, 0.15) is 30.5 Å². The van der Waals surface area contributed by atoms with E-state index >= 15 is 0 Å². The highest BCUT2D eigenvalue weighted by molar-refractivity contribution is 9.10. The quantitative estimate of drug-likeness (QED) is 0.260. The number of thioether (sulfide) groups is 1. The maximum Gasteiger partial charge on any atom is 0.319 e. The maximum absolute atomic E-state index is 14.3. The van der Waals surface area contributed by atoms with Crippen molar-refractivity contribution in [2.75, 3.05) is 11.2 Å². The number of aliphatic hydroxyl groups is 1. The second-order valence-corrected chi connectivity index (χ2v) is 13.2. The Morgan fingerprint density at radius 1 is 1.10 bits per heavy atom. The summed E-state index contributed by atoms with van der Waals surface area (Å²) in [5, 5.41) is 19.4. The van der Waals surface area contributed by atoms with Crippen molar-refractivity contribution >= 4 is 51.2 Å². The van der Waals surface area contributed by atoms with Crippen LogP contribution in [-0.2, 0) is 22.6 Å². The van der Waals surface area contributed by atoms with Crippen LogP contribution in [0, 0.1) is 12.7 Å². The van der Waals surface area contributed by atoms with E-state index in [9.17, 15) is 23.9 Å². The molecule has 0 radical (unpaired) electrons. The fourth-order valence-electron chi connectivity index (χ4n) is 4.87. The molecule has 1 aliphatic rings. The number of carbonyl (C=O) groups excluding carboxylic acids is 3. The molecule has 1 heterocycles. The Morgan fingerprint density at radius 2 is 1.79 bits per heavy atom. The largest absolute Gasteiger partial charge is 0.381 e. The van der Waals surface area contributed by atoms with Crippen LogP contribution in [0.4, 0.5) is 14.9 Å². The summed E-state index contributed by atoms with van der Waals surface area (Å²) < 4.78 is 14.2. The first kappa shape index (κ1) is 31.5. The highest BCUT2D eigenvalue weighted by Gasteiger charge is 2.49. The van der Waals surface area contributed by atoms with E-state index in [0.29, 0.717) is 11.0 Å². The van der Waals surface area contributed by atoms with Gasteiger partial charge in [-0.15, -0.1) is 11.8 Å². The summed E-state index contributed by atoms with van der Waals surface area (Å²) in [6.07, 6.45) is -1.55. The molecular formula is C31H34BrFN4O4S. The van der Waals surface area contributed by atoms with Gasteiger partial charge in [-0.3, -0.25) is 9.59 Å². The molecule has 1 saturated heterocycles. The predicted octanol–water partition coefficient (Wildman–Crippen LogP) is 4.99. The molecule has 0 bridgehead atoms. The Balaban J connectivity index is 1.52. The Bertz CT molecular complexity index is 1440.